The summed E-state index contributed by atoms with van der Waals surface area (Å²) >= 11 is 0. The lowest BCUT2D eigenvalue weighted by molar-refractivity contribution is -0.121. The van der Waals surface area contributed by atoms with Crippen molar-refractivity contribution in [3.63, 3.8) is 0 Å². The molecule has 0 unspecified atom stereocenters. The van der Waals surface area contributed by atoms with Crippen LogP contribution in [-0.4, -0.2) is 26.8 Å². The lowest BCUT2D eigenvalue weighted by Crippen LogP contribution is -2.41. The molecule has 0 saturated carbocycles. The number of hydrogen-bond donors (Lipinski definition) is 2. The van der Waals surface area contributed by atoms with Gasteiger partial charge >= 0.3 is 0 Å². The molecule has 2 aromatic heterocycles. The third-order valence-electron chi connectivity index (χ3n) is 4.41. The minimum absolute atomic E-state index is 0.0818. The Hall–Kier alpha value is -4.20. The number of hydrazine groups is 1. The SMILES string of the molecule is O=C(CCc1cnn(-c2ccccc2)c1)NNC(=O)c1cc(-c2ccccc2)on1. The van der Waals surface area contributed by atoms with Gasteiger partial charge in [-0.25, -0.2) is 4.68 Å². The van der Waals surface area contributed by atoms with Gasteiger partial charge in [0.1, 0.15) is 0 Å². The molecule has 2 heterocycles. The van der Waals surface area contributed by atoms with Crippen LogP contribution in [0.15, 0.2) is 83.6 Å². The molecule has 8 heteroatoms. The first-order chi connectivity index (χ1) is 14.7. The molecule has 8 nitrogen and oxygen atoms in total. The molecule has 0 aliphatic rings. The molecule has 0 spiro atoms. The molecule has 4 rings (SSSR count). The number of nitrogens with zero attached hydrogens (tertiary/aromatic N) is 3. The number of para-hydroxylation sites is 1. The van der Waals surface area contributed by atoms with Gasteiger partial charge in [-0.1, -0.05) is 53.7 Å². The molecular weight excluding hydrogens is 382 g/mol. The van der Waals surface area contributed by atoms with Gasteiger partial charge < -0.3 is 4.52 Å². The zero-order valence-electron chi connectivity index (χ0n) is 16.0. The fraction of sp³-hybridized carbons (Fsp3) is 0.0909. The molecular formula is C22H19N5O3. The quantitative estimate of drug-likeness (QED) is 0.484. The zero-order valence-corrected chi connectivity index (χ0v) is 16.0. The number of hydrogen-bond acceptors (Lipinski definition) is 5. The van der Waals surface area contributed by atoms with Crippen molar-refractivity contribution in [3.8, 4) is 17.0 Å². The molecule has 0 saturated heterocycles. The molecule has 0 bridgehead atoms. The average Bonchev–Trinajstić information content (AvgIpc) is 3.47. The molecule has 0 atom stereocenters. The van der Waals surface area contributed by atoms with Gasteiger partial charge in [-0.3, -0.25) is 20.4 Å². The Labute approximate surface area is 172 Å². The second kappa shape index (κ2) is 8.87. The number of aryl methyl sites for hydroxylation is 1. The Balaban J connectivity index is 1.26. The van der Waals surface area contributed by atoms with Gasteiger partial charge in [-0.05, 0) is 24.1 Å². The van der Waals surface area contributed by atoms with E-state index in [1.807, 2.05) is 66.9 Å². The van der Waals surface area contributed by atoms with Crippen LogP contribution in [0.3, 0.4) is 0 Å². The van der Waals surface area contributed by atoms with E-state index in [1.54, 1.807) is 10.9 Å². The number of carbonyl (C=O) groups excluding carboxylic acids is 2. The molecule has 4 aromatic rings. The van der Waals surface area contributed by atoms with Crippen LogP contribution in [0.25, 0.3) is 17.0 Å². The number of carbonyl (C=O) groups is 2. The highest BCUT2D eigenvalue weighted by Crippen LogP contribution is 2.19. The first-order valence-electron chi connectivity index (χ1n) is 9.39. The van der Waals surface area contributed by atoms with Crippen LogP contribution < -0.4 is 10.9 Å². The van der Waals surface area contributed by atoms with Crippen LogP contribution in [-0.2, 0) is 11.2 Å². The molecule has 0 radical (unpaired) electrons. The van der Waals surface area contributed by atoms with Crippen LogP contribution in [0.5, 0.6) is 0 Å². The van der Waals surface area contributed by atoms with Crippen molar-refractivity contribution in [3.05, 3.63) is 90.4 Å². The van der Waals surface area contributed by atoms with E-state index in [0.29, 0.717) is 12.2 Å². The first-order valence-corrected chi connectivity index (χ1v) is 9.39. The largest absolute Gasteiger partial charge is 0.355 e. The maximum absolute atomic E-state index is 12.2. The molecule has 0 aliphatic carbocycles. The summed E-state index contributed by atoms with van der Waals surface area (Å²) in [6.07, 6.45) is 4.30. The minimum atomic E-state index is -0.550. The Kier molecular flexibility index (Phi) is 5.66. The Morgan fingerprint density at radius 2 is 1.70 bits per heavy atom. The Morgan fingerprint density at radius 1 is 0.967 bits per heavy atom. The van der Waals surface area contributed by atoms with Crippen molar-refractivity contribution in [2.75, 3.05) is 0 Å². The number of nitrogens with one attached hydrogen (secondary N) is 2. The van der Waals surface area contributed by atoms with Crippen LogP contribution in [0.2, 0.25) is 0 Å². The van der Waals surface area contributed by atoms with E-state index in [0.717, 1.165) is 16.8 Å². The van der Waals surface area contributed by atoms with E-state index in [4.69, 9.17) is 4.52 Å². The van der Waals surface area contributed by atoms with Crippen molar-refractivity contribution in [2.24, 2.45) is 0 Å². The van der Waals surface area contributed by atoms with E-state index < -0.39 is 5.91 Å². The Morgan fingerprint density at radius 3 is 2.47 bits per heavy atom. The number of amides is 2. The van der Waals surface area contributed by atoms with Crippen molar-refractivity contribution in [2.45, 2.75) is 12.8 Å². The monoisotopic (exact) mass is 401 g/mol. The summed E-state index contributed by atoms with van der Waals surface area (Å²) in [5, 5.41) is 8.05. The average molecular weight is 401 g/mol. The third kappa shape index (κ3) is 4.61. The van der Waals surface area contributed by atoms with Crippen molar-refractivity contribution in [1.82, 2.24) is 25.8 Å². The fourth-order valence-electron chi connectivity index (χ4n) is 2.84. The minimum Gasteiger partial charge on any atom is -0.355 e. The predicted octanol–water partition coefficient (Wildman–Crippen LogP) is 2.92. The van der Waals surface area contributed by atoms with E-state index in [1.165, 1.54) is 6.07 Å². The molecule has 150 valence electrons. The molecule has 0 fully saturated rings. The van der Waals surface area contributed by atoms with Gasteiger partial charge in [0.15, 0.2) is 11.5 Å². The number of benzene rings is 2. The molecule has 2 N–H and O–H groups in total. The van der Waals surface area contributed by atoms with Crippen LogP contribution in [0.4, 0.5) is 0 Å². The van der Waals surface area contributed by atoms with Crippen molar-refractivity contribution < 1.29 is 14.1 Å². The van der Waals surface area contributed by atoms with Gasteiger partial charge in [0.05, 0.1) is 11.9 Å². The number of rotatable bonds is 6. The first kappa shape index (κ1) is 19.1. The lowest BCUT2D eigenvalue weighted by atomic mass is 10.1. The normalized spacial score (nSPS) is 10.5. The van der Waals surface area contributed by atoms with Crippen LogP contribution in [0, 0.1) is 0 Å². The summed E-state index contributed by atoms with van der Waals surface area (Å²) in [4.78, 5) is 24.2. The van der Waals surface area contributed by atoms with Gasteiger partial charge in [-0.2, -0.15) is 5.10 Å². The van der Waals surface area contributed by atoms with Crippen LogP contribution in [0.1, 0.15) is 22.5 Å². The molecule has 0 aliphatic heterocycles. The van der Waals surface area contributed by atoms with Crippen molar-refractivity contribution in [1.29, 1.82) is 0 Å². The van der Waals surface area contributed by atoms with E-state index in [-0.39, 0.29) is 18.0 Å². The highest BCUT2D eigenvalue weighted by molar-refractivity contribution is 5.94. The number of aromatic nitrogens is 3. The molecule has 2 amide bonds. The lowest BCUT2D eigenvalue weighted by Gasteiger charge is -2.04. The van der Waals surface area contributed by atoms with Gasteiger partial charge in [0.2, 0.25) is 5.91 Å². The van der Waals surface area contributed by atoms with Crippen LogP contribution >= 0.6 is 0 Å². The third-order valence-corrected chi connectivity index (χ3v) is 4.41. The zero-order chi connectivity index (χ0) is 20.8. The van der Waals surface area contributed by atoms with E-state index in [2.05, 4.69) is 21.1 Å². The Bertz CT molecular complexity index is 1140. The second-order valence-electron chi connectivity index (χ2n) is 6.57. The highest BCUT2D eigenvalue weighted by Gasteiger charge is 2.14. The summed E-state index contributed by atoms with van der Waals surface area (Å²) in [6.45, 7) is 0. The highest BCUT2D eigenvalue weighted by atomic mass is 16.5. The fourth-order valence-corrected chi connectivity index (χ4v) is 2.84. The van der Waals surface area contributed by atoms with Gasteiger partial charge in [-0.15, -0.1) is 0 Å². The summed E-state index contributed by atoms with van der Waals surface area (Å²) in [5.74, 6) is -0.392. The molecule has 30 heavy (non-hydrogen) atoms. The van der Waals surface area contributed by atoms with Gasteiger partial charge in [0.25, 0.3) is 5.91 Å². The maximum atomic E-state index is 12.2. The summed E-state index contributed by atoms with van der Waals surface area (Å²) in [5.41, 5.74) is 7.50. The van der Waals surface area contributed by atoms with E-state index >= 15 is 0 Å². The van der Waals surface area contributed by atoms with Gasteiger partial charge in [0, 0.05) is 24.2 Å². The molecule has 2 aromatic carbocycles. The maximum Gasteiger partial charge on any atom is 0.291 e. The summed E-state index contributed by atoms with van der Waals surface area (Å²) in [7, 11) is 0. The topological polar surface area (TPSA) is 102 Å². The smallest absolute Gasteiger partial charge is 0.291 e. The second-order valence-corrected chi connectivity index (χ2v) is 6.57. The summed E-state index contributed by atoms with van der Waals surface area (Å²) < 4.78 is 6.94. The van der Waals surface area contributed by atoms with Crippen molar-refractivity contribution >= 4 is 11.8 Å². The summed E-state index contributed by atoms with van der Waals surface area (Å²) in [6, 6.07) is 20.5. The predicted molar refractivity (Wildman–Crippen MR) is 109 cm³/mol. The standard InChI is InChI=1S/C22H19N5O3/c28-21(12-11-16-14-23-27(15-16)18-9-5-2-6-10-18)24-25-22(29)19-13-20(30-26-19)17-7-3-1-4-8-17/h1-10,13-15H,11-12H2,(H,24,28)(H,25,29). The van der Waals surface area contributed by atoms with E-state index in [9.17, 15) is 9.59 Å².